The van der Waals surface area contributed by atoms with Crippen molar-refractivity contribution in [3.05, 3.63) is 65.0 Å². The van der Waals surface area contributed by atoms with Crippen molar-refractivity contribution >= 4 is 50.7 Å². The summed E-state index contributed by atoms with van der Waals surface area (Å²) in [6, 6.07) is 11.0. The lowest BCUT2D eigenvalue weighted by Crippen LogP contribution is -2.20. The van der Waals surface area contributed by atoms with E-state index in [1.54, 1.807) is 24.3 Å². The van der Waals surface area contributed by atoms with E-state index in [1.807, 2.05) is 19.1 Å². The Kier molecular flexibility index (Phi) is 6.18. The fourth-order valence-electron chi connectivity index (χ4n) is 3.46. The fraction of sp³-hybridized carbons (Fsp3) is 0.130. The highest BCUT2D eigenvalue weighted by molar-refractivity contribution is 7.19. The van der Waals surface area contributed by atoms with Crippen LogP contribution in [0.2, 0.25) is 0 Å². The Balaban J connectivity index is 1.59. The molecular formula is C23H21FN6O2S. The number of thiophene rings is 1. The van der Waals surface area contributed by atoms with E-state index < -0.39 is 17.8 Å². The van der Waals surface area contributed by atoms with Crippen LogP contribution in [0.25, 0.3) is 21.3 Å². The predicted octanol–water partition coefficient (Wildman–Crippen LogP) is 4.45. The first kappa shape index (κ1) is 22.2. The van der Waals surface area contributed by atoms with Crippen molar-refractivity contribution in [2.45, 2.75) is 19.8 Å². The summed E-state index contributed by atoms with van der Waals surface area (Å²) in [6.45, 7) is 1.81. The monoisotopic (exact) mass is 464 g/mol. The predicted molar refractivity (Wildman–Crippen MR) is 129 cm³/mol. The van der Waals surface area contributed by atoms with Crippen LogP contribution in [0, 0.1) is 12.7 Å². The maximum Gasteiger partial charge on any atom is 0.323 e. The minimum absolute atomic E-state index is 0.100. The molecule has 4 rings (SSSR count). The molecule has 0 aliphatic heterocycles. The topological polar surface area (TPSA) is 136 Å². The molecule has 0 atom stereocenters. The SMILES string of the molecule is Cc1ccc(F)c(NC(=O)Nc2ccc(-c3c(CCC(N)=O)sc4ncnc(N)c34)cc2)c1. The van der Waals surface area contributed by atoms with Crippen molar-refractivity contribution in [2.75, 3.05) is 16.4 Å². The molecule has 6 N–H and O–H groups in total. The van der Waals surface area contributed by atoms with Gasteiger partial charge in [-0.3, -0.25) is 4.79 Å². The van der Waals surface area contributed by atoms with Crippen LogP contribution in [0.1, 0.15) is 16.9 Å². The summed E-state index contributed by atoms with van der Waals surface area (Å²) in [4.78, 5) is 33.7. The van der Waals surface area contributed by atoms with Gasteiger partial charge in [-0.05, 0) is 48.7 Å². The summed E-state index contributed by atoms with van der Waals surface area (Å²) in [5.41, 5.74) is 14.6. The van der Waals surface area contributed by atoms with E-state index in [0.717, 1.165) is 31.8 Å². The second-order valence-electron chi connectivity index (χ2n) is 7.45. The molecule has 0 saturated heterocycles. The van der Waals surface area contributed by atoms with E-state index in [0.29, 0.717) is 17.9 Å². The number of halogens is 1. The minimum Gasteiger partial charge on any atom is -0.383 e. The van der Waals surface area contributed by atoms with Gasteiger partial charge in [-0.25, -0.2) is 19.2 Å². The number of benzene rings is 2. The second kappa shape index (κ2) is 9.21. The van der Waals surface area contributed by atoms with Gasteiger partial charge in [0.1, 0.15) is 22.8 Å². The molecule has 4 aromatic rings. The molecule has 10 heteroatoms. The Morgan fingerprint density at radius 1 is 1.09 bits per heavy atom. The molecule has 0 bridgehead atoms. The van der Waals surface area contributed by atoms with E-state index in [9.17, 15) is 14.0 Å². The number of nitrogens with zero attached hydrogens (tertiary/aromatic N) is 2. The number of urea groups is 1. The van der Waals surface area contributed by atoms with Crippen molar-refractivity contribution in [1.29, 1.82) is 0 Å². The molecule has 0 aliphatic rings. The highest BCUT2D eigenvalue weighted by atomic mass is 32.1. The van der Waals surface area contributed by atoms with Gasteiger partial charge in [0.05, 0.1) is 11.1 Å². The van der Waals surface area contributed by atoms with Gasteiger partial charge in [-0.15, -0.1) is 11.3 Å². The van der Waals surface area contributed by atoms with E-state index in [1.165, 1.54) is 23.7 Å². The molecule has 0 aliphatic carbocycles. The van der Waals surface area contributed by atoms with Gasteiger partial charge in [-0.1, -0.05) is 18.2 Å². The lowest BCUT2D eigenvalue weighted by molar-refractivity contribution is -0.117. The summed E-state index contributed by atoms with van der Waals surface area (Å²) in [5, 5.41) is 5.92. The van der Waals surface area contributed by atoms with E-state index in [4.69, 9.17) is 11.5 Å². The number of primary amides is 1. The maximum absolute atomic E-state index is 13.9. The first-order chi connectivity index (χ1) is 15.8. The van der Waals surface area contributed by atoms with Crippen LogP contribution in [0.4, 0.5) is 26.4 Å². The Labute approximate surface area is 192 Å². The normalized spacial score (nSPS) is 10.8. The third-order valence-electron chi connectivity index (χ3n) is 4.99. The van der Waals surface area contributed by atoms with Gasteiger partial charge in [0, 0.05) is 22.5 Å². The van der Waals surface area contributed by atoms with Gasteiger partial charge in [-0.2, -0.15) is 0 Å². The number of aryl methyl sites for hydroxylation is 2. The second-order valence-corrected chi connectivity index (χ2v) is 8.53. The first-order valence-electron chi connectivity index (χ1n) is 10.1. The number of nitrogen functional groups attached to an aromatic ring is 1. The molecular weight excluding hydrogens is 443 g/mol. The zero-order valence-electron chi connectivity index (χ0n) is 17.7. The van der Waals surface area contributed by atoms with E-state index in [2.05, 4.69) is 20.6 Å². The summed E-state index contributed by atoms with van der Waals surface area (Å²) in [6.07, 6.45) is 2.05. The average Bonchev–Trinajstić information content (AvgIpc) is 3.15. The van der Waals surface area contributed by atoms with Crippen molar-refractivity contribution in [3.8, 4) is 11.1 Å². The standard InChI is InChI=1S/C23H21FN6O2S/c1-12-2-7-15(24)16(10-12)30-23(32)29-14-5-3-13(4-6-14)19-17(8-9-18(25)31)33-22-20(19)21(26)27-11-28-22/h2-7,10-11H,8-9H2,1H3,(H2,25,31)(H2,26,27,28)(H2,29,30,32). The third-order valence-corrected chi connectivity index (χ3v) is 6.15. The molecule has 2 aromatic heterocycles. The zero-order valence-corrected chi connectivity index (χ0v) is 18.5. The molecule has 2 heterocycles. The van der Waals surface area contributed by atoms with Crippen LogP contribution in [0.3, 0.4) is 0 Å². The number of aromatic nitrogens is 2. The lowest BCUT2D eigenvalue weighted by atomic mass is 10.0. The summed E-state index contributed by atoms with van der Waals surface area (Å²) < 4.78 is 13.9. The molecule has 0 spiro atoms. The highest BCUT2D eigenvalue weighted by Crippen LogP contribution is 2.40. The lowest BCUT2D eigenvalue weighted by Gasteiger charge is -2.10. The molecule has 33 heavy (non-hydrogen) atoms. The molecule has 0 fully saturated rings. The number of hydrogen-bond donors (Lipinski definition) is 4. The number of anilines is 3. The van der Waals surface area contributed by atoms with Crippen LogP contribution < -0.4 is 22.1 Å². The van der Waals surface area contributed by atoms with Gasteiger partial charge < -0.3 is 22.1 Å². The van der Waals surface area contributed by atoms with Gasteiger partial charge in [0.2, 0.25) is 5.91 Å². The molecule has 0 saturated carbocycles. The van der Waals surface area contributed by atoms with Crippen molar-refractivity contribution < 1.29 is 14.0 Å². The van der Waals surface area contributed by atoms with E-state index >= 15 is 0 Å². The molecule has 3 amide bonds. The molecule has 0 unspecified atom stereocenters. The highest BCUT2D eigenvalue weighted by Gasteiger charge is 2.18. The molecule has 2 aromatic carbocycles. The number of carbonyl (C=O) groups is 2. The fourth-order valence-corrected chi connectivity index (χ4v) is 4.63. The number of nitrogens with two attached hydrogens (primary N) is 2. The number of fused-ring (bicyclic) bond motifs is 1. The number of hydrogen-bond acceptors (Lipinski definition) is 6. The molecule has 8 nitrogen and oxygen atoms in total. The first-order valence-corrected chi connectivity index (χ1v) is 10.9. The minimum atomic E-state index is -0.562. The quantitative estimate of drug-likeness (QED) is 0.334. The summed E-state index contributed by atoms with van der Waals surface area (Å²) in [5.74, 6) is -0.565. The van der Waals surface area contributed by atoms with E-state index in [-0.39, 0.29) is 12.1 Å². The molecule has 0 radical (unpaired) electrons. The van der Waals surface area contributed by atoms with Crippen LogP contribution in [0.5, 0.6) is 0 Å². The smallest absolute Gasteiger partial charge is 0.323 e. The van der Waals surface area contributed by atoms with Crippen LogP contribution >= 0.6 is 11.3 Å². The summed E-state index contributed by atoms with van der Waals surface area (Å²) in [7, 11) is 0. The Morgan fingerprint density at radius 2 is 1.85 bits per heavy atom. The number of rotatable bonds is 6. The van der Waals surface area contributed by atoms with Crippen molar-refractivity contribution in [1.82, 2.24) is 9.97 Å². The number of amides is 3. The Bertz CT molecular complexity index is 1350. The number of carbonyl (C=O) groups excluding carboxylic acids is 2. The van der Waals surface area contributed by atoms with Gasteiger partial charge in [0.15, 0.2) is 0 Å². The van der Waals surface area contributed by atoms with Gasteiger partial charge >= 0.3 is 6.03 Å². The Hall–Kier alpha value is -4.05. The average molecular weight is 465 g/mol. The van der Waals surface area contributed by atoms with Crippen LogP contribution in [0.15, 0.2) is 48.8 Å². The van der Waals surface area contributed by atoms with Crippen molar-refractivity contribution in [3.63, 3.8) is 0 Å². The third kappa shape index (κ3) is 4.90. The van der Waals surface area contributed by atoms with Crippen LogP contribution in [-0.2, 0) is 11.2 Å². The maximum atomic E-state index is 13.9. The van der Waals surface area contributed by atoms with Crippen molar-refractivity contribution in [2.24, 2.45) is 5.73 Å². The molecule has 168 valence electrons. The van der Waals surface area contributed by atoms with Gasteiger partial charge in [0.25, 0.3) is 0 Å². The summed E-state index contributed by atoms with van der Waals surface area (Å²) >= 11 is 1.44. The van der Waals surface area contributed by atoms with Crippen LogP contribution in [-0.4, -0.2) is 21.9 Å². The zero-order chi connectivity index (χ0) is 23.5. The largest absolute Gasteiger partial charge is 0.383 e. The number of nitrogens with one attached hydrogen (secondary N) is 2. The Morgan fingerprint density at radius 3 is 2.58 bits per heavy atom.